The predicted molar refractivity (Wildman–Crippen MR) is 137 cm³/mol. The number of aliphatic hydroxyl groups excluding tert-OH is 1. The standard InChI is InChI=1S/C28H22F2N4O5/c29-18-11-19-24(33-27(32-19)39-21-13-38-25-20(35)12-37-26(21)25)23(30)22(18)16-3-1-14(2-4-16)15-5-7-17(8-6-15)34-10-9-31-28(34)36/h1-11,20-21,25-26,35H,12-13H2,(H,31,36)(H,32,33)/t20-,21-,25-,26-/m1/s1. The molecule has 2 fully saturated rings. The fourth-order valence-corrected chi connectivity index (χ4v) is 5.23. The van der Waals surface area contributed by atoms with E-state index in [1.165, 1.54) is 10.6 Å². The molecule has 2 aromatic heterocycles. The Morgan fingerprint density at radius 1 is 0.974 bits per heavy atom. The summed E-state index contributed by atoms with van der Waals surface area (Å²) < 4.78 is 49.1. The third-order valence-corrected chi connectivity index (χ3v) is 7.19. The number of hydrogen-bond donors (Lipinski definition) is 3. The van der Waals surface area contributed by atoms with Crippen LogP contribution in [0.2, 0.25) is 0 Å². The summed E-state index contributed by atoms with van der Waals surface area (Å²) in [5.74, 6) is -1.55. The minimum Gasteiger partial charge on any atom is -0.456 e. The van der Waals surface area contributed by atoms with E-state index in [9.17, 15) is 9.90 Å². The number of nitrogens with one attached hydrogen (secondary N) is 2. The lowest BCUT2D eigenvalue weighted by Gasteiger charge is -2.15. The first-order valence-corrected chi connectivity index (χ1v) is 12.4. The number of fused-ring (bicyclic) bond motifs is 2. The van der Waals surface area contributed by atoms with E-state index in [4.69, 9.17) is 14.2 Å². The van der Waals surface area contributed by atoms with E-state index >= 15 is 8.78 Å². The first-order valence-electron chi connectivity index (χ1n) is 12.4. The van der Waals surface area contributed by atoms with Crippen molar-refractivity contribution < 1.29 is 28.1 Å². The smallest absolute Gasteiger partial charge is 0.330 e. The number of H-pyrrole nitrogens is 2. The van der Waals surface area contributed by atoms with Crippen LogP contribution in [0.25, 0.3) is 39.0 Å². The van der Waals surface area contributed by atoms with Crippen molar-refractivity contribution in [3.63, 3.8) is 0 Å². The van der Waals surface area contributed by atoms with E-state index in [1.54, 1.807) is 36.7 Å². The lowest BCUT2D eigenvalue weighted by Crippen LogP contribution is -2.34. The summed E-state index contributed by atoms with van der Waals surface area (Å²) in [4.78, 5) is 21.5. The minimum atomic E-state index is -0.807. The Bertz CT molecular complexity index is 1730. The van der Waals surface area contributed by atoms with Gasteiger partial charge in [0.2, 0.25) is 0 Å². The molecule has 2 saturated heterocycles. The summed E-state index contributed by atoms with van der Waals surface area (Å²) in [6.07, 6.45) is 1.01. The maximum absolute atomic E-state index is 15.6. The molecular weight excluding hydrogens is 510 g/mol. The third-order valence-electron chi connectivity index (χ3n) is 7.19. The zero-order valence-corrected chi connectivity index (χ0v) is 20.3. The summed E-state index contributed by atoms with van der Waals surface area (Å²) >= 11 is 0. The lowest BCUT2D eigenvalue weighted by atomic mass is 9.99. The average Bonchev–Trinajstić information content (AvgIpc) is 3.72. The molecule has 0 amide bonds. The third kappa shape index (κ3) is 4.02. The van der Waals surface area contributed by atoms with Crippen LogP contribution in [0.15, 0.2) is 71.8 Å². The van der Waals surface area contributed by atoms with Gasteiger partial charge in [0.05, 0.1) is 30.0 Å². The van der Waals surface area contributed by atoms with Gasteiger partial charge in [-0.25, -0.2) is 13.6 Å². The Hall–Kier alpha value is -4.32. The molecule has 2 aliphatic rings. The van der Waals surface area contributed by atoms with Gasteiger partial charge in [-0.05, 0) is 28.8 Å². The second-order valence-electron chi connectivity index (χ2n) is 9.56. The number of aliphatic hydroxyl groups is 1. The van der Waals surface area contributed by atoms with Crippen molar-refractivity contribution in [2.45, 2.75) is 24.4 Å². The van der Waals surface area contributed by atoms with Gasteiger partial charge in [0, 0.05) is 18.5 Å². The zero-order chi connectivity index (χ0) is 26.7. The molecule has 9 nitrogen and oxygen atoms in total. The van der Waals surface area contributed by atoms with E-state index in [0.717, 1.165) is 16.8 Å². The van der Waals surface area contributed by atoms with Crippen molar-refractivity contribution in [1.82, 2.24) is 19.5 Å². The molecule has 0 spiro atoms. The molecule has 4 atom stereocenters. The number of aromatic amines is 2. The fraction of sp³-hybridized carbons (Fsp3) is 0.214. The van der Waals surface area contributed by atoms with Crippen molar-refractivity contribution in [3.8, 4) is 34.0 Å². The van der Waals surface area contributed by atoms with Gasteiger partial charge in [-0.15, -0.1) is 0 Å². The normalized spacial score (nSPS) is 22.4. The van der Waals surface area contributed by atoms with Gasteiger partial charge in [0.1, 0.15) is 29.6 Å². The van der Waals surface area contributed by atoms with Gasteiger partial charge in [-0.2, -0.15) is 4.98 Å². The number of imidazole rings is 2. The van der Waals surface area contributed by atoms with Crippen LogP contribution in [0, 0.1) is 11.6 Å². The highest BCUT2D eigenvalue weighted by molar-refractivity contribution is 5.84. The molecule has 7 rings (SSSR count). The average molecular weight is 533 g/mol. The fourth-order valence-electron chi connectivity index (χ4n) is 5.23. The Balaban J connectivity index is 1.14. The van der Waals surface area contributed by atoms with Crippen LogP contribution >= 0.6 is 0 Å². The predicted octanol–water partition coefficient (Wildman–Crippen LogP) is 3.56. The second kappa shape index (κ2) is 9.16. The first kappa shape index (κ1) is 23.8. The maximum atomic E-state index is 15.6. The Labute approximate surface area is 219 Å². The van der Waals surface area contributed by atoms with Crippen molar-refractivity contribution in [2.24, 2.45) is 0 Å². The highest BCUT2D eigenvalue weighted by Gasteiger charge is 2.48. The molecule has 0 radical (unpaired) electrons. The first-order chi connectivity index (χ1) is 19.0. The van der Waals surface area contributed by atoms with E-state index in [-0.39, 0.29) is 41.5 Å². The molecule has 11 heteroatoms. The summed E-state index contributed by atoms with van der Waals surface area (Å²) in [5.41, 5.74) is 2.49. The molecule has 0 saturated carbocycles. The van der Waals surface area contributed by atoms with Gasteiger partial charge in [-0.1, -0.05) is 36.4 Å². The molecule has 198 valence electrons. The number of aromatic nitrogens is 4. The number of hydrogen-bond acceptors (Lipinski definition) is 6. The second-order valence-corrected chi connectivity index (χ2v) is 9.56. The number of rotatable bonds is 5. The van der Waals surface area contributed by atoms with Crippen LogP contribution in [0.4, 0.5) is 8.78 Å². The SMILES string of the molecule is O=c1[nH]ccn1-c1ccc(-c2ccc(-c3c(F)cc4[nH]c(O[C@@H]5CO[C@H]6[C@@H]5OC[C@H]6O)nc4c3F)cc2)cc1. The molecule has 0 aliphatic carbocycles. The maximum Gasteiger partial charge on any atom is 0.330 e. The quantitative estimate of drug-likeness (QED) is 0.319. The van der Waals surface area contributed by atoms with E-state index < -0.39 is 36.1 Å². The molecular formula is C28H22F2N4O5. The van der Waals surface area contributed by atoms with Crippen molar-refractivity contribution >= 4 is 11.0 Å². The van der Waals surface area contributed by atoms with E-state index in [2.05, 4.69) is 15.0 Å². The van der Waals surface area contributed by atoms with Crippen LogP contribution in [-0.4, -0.2) is 62.3 Å². The van der Waals surface area contributed by atoms with Gasteiger partial charge in [0.15, 0.2) is 11.9 Å². The number of nitrogens with zero attached hydrogens (tertiary/aromatic N) is 2. The highest BCUT2D eigenvalue weighted by Crippen LogP contribution is 2.35. The van der Waals surface area contributed by atoms with E-state index in [1.807, 2.05) is 24.3 Å². The van der Waals surface area contributed by atoms with Crippen molar-refractivity contribution in [1.29, 1.82) is 0 Å². The topological polar surface area (TPSA) is 114 Å². The van der Waals surface area contributed by atoms with E-state index in [0.29, 0.717) is 5.56 Å². The number of benzene rings is 3. The molecule has 39 heavy (non-hydrogen) atoms. The molecule has 4 heterocycles. The lowest BCUT2D eigenvalue weighted by molar-refractivity contribution is 0.00706. The van der Waals surface area contributed by atoms with Crippen LogP contribution in [0.1, 0.15) is 0 Å². The van der Waals surface area contributed by atoms with Crippen LogP contribution < -0.4 is 10.4 Å². The van der Waals surface area contributed by atoms with Crippen molar-refractivity contribution in [3.05, 3.63) is 89.1 Å². The molecule has 3 N–H and O–H groups in total. The van der Waals surface area contributed by atoms with Crippen LogP contribution in [0.3, 0.4) is 0 Å². The largest absolute Gasteiger partial charge is 0.456 e. The summed E-state index contributed by atoms with van der Waals surface area (Å²) in [6, 6.07) is 15.4. The number of ether oxygens (including phenoxy) is 3. The molecule has 0 bridgehead atoms. The van der Waals surface area contributed by atoms with Gasteiger partial charge >= 0.3 is 5.69 Å². The van der Waals surface area contributed by atoms with Crippen molar-refractivity contribution in [2.75, 3.05) is 13.2 Å². The molecule has 3 aromatic carbocycles. The summed E-state index contributed by atoms with van der Waals surface area (Å²) in [7, 11) is 0. The summed E-state index contributed by atoms with van der Waals surface area (Å²) in [5, 5.41) is 9.91. The van der Waals surface area contributed by atoms with Gasteiger partial charge in [0.25, 0.3) is 6.01 Å². The van der Waals surface area contributed by atoms with Gasteiger partial charge in [-0.3, -0.25) is 4.57 Å². The monoisotopic (exact) mass is 532 g/mol. The molecule has 0 unspecified atom stereocenters. The number of halogens is 2. The Morgan fingerprint density at radius 2 is 1.67 bits per heavy atom. The zero-order valence-electron chi connectivity index (χ0n) is 20.3. The van der Waals surface area contributed by atoms with Crippen LogP contribution in [0.5, 0.6) is 6.01 Å². The van der Waals surface area contributed by atoms with Crippen LogP contribution in [-0.2, 0) is 9.47 Å². The molecule has 5 aromatic rings. The minimum absolute atomic E-state index is 0.0142. The Morgan fingerprint density at radius 3 is 2.38 bits per heavy atom. The summed E-state index contributed by atoms with van der Waals surface area (Å²) in [6.45, 7) is 0.336. The molecule has 2 aliphatic heterocycles. The highest BCUT2D eigenvalue weighted by atomic mass is 19.1. The van der Waals surface area contributed by atoms with Gasteiger partial charge < -0.3 is 29.3 Å². The Kier molecular flexibility index (Phi) is 5.58.